The van der Waals surface area contributed by atoms with Gasteiger partial charge in [0.15, 0.2) is 0 Å². The highest BCUT2D eigenvalue weighted by Crippen LogP contribution is 2.26. The number of benzene rings is 2. The fraction of sp³-hybridized carbons (Fsp3) is 0.0625. The average molecular weight is 283 g/mol. The van der Waals surface area contributed by atoms with Gasteiger partial charge in [0.25, 0.3) is 0 Å². The zero-order valence-corrected chi connectivity index (χ0v) is 11.5. The molecule has 0 amide bonds. The standard InChI is InChI=1S/C16H13NO2S/c18-15-14(11-12-7-3-1-4-8-12)20-16(19)17(15)13-9-5-2-6-10-13/h1-10,18H,11H2. The van der Waals surface area contributed by atoms with Gasteiger partial charge in [-0.3, -0.25) is 4.79 Å². The van der Waals surface area contributed by atoms with Gasteiger partial charge in [-0.25, -0.2) is 4.57 Å². The maximum Gasteiger partial charge on any atom is 0.314 e. The molecular formula is C16H13NO2S. The van der Waals surface area contributed by atoms with E-state index in [2.05, 4.69) is 0 Å². The van der Waals surface area contributed by atoms with Gasteiger partial charge in [-0.15, -0.1) is 0 Å². The first-order valence-electron chi connectivity index (χ1n) is 6.29. The molecule has 4 heteroatoms. The molecule has 100 valence electrons. The first kappa shape index (κ1) is 12.7. The van der Waals surface area contributed by atoms with Gasteiger partial charge in [-0.2, -0.15) is 0 Å². The van der Waals surface area contributed by atoms with Crippen LogP contribution in [0.2, 0.25) is 0 Å². The Labute approximate surface area is 120 Å². The largest absolute Gasteiger partial charge is 0.493 e. The minimum atomic E-state index is -0.167. The molecule has 3 aromatic rings. The van der Waals surface area contributed by atoms with Crippen molar-refractivity contribution in [1.82, 2.24) is 4.57 Å². The number of aromatic nitrogens is 1. The summed E-state index contributed by atoms with van der Waals surface area (Å²) in [7, 11) is 0. The second-order valence-corrected chi connectivity index (χ2v) is 5.49. The van der Waals surface area contributed by atoms with Crippen molar-refractivity contribution in [3.05, 3.63) is 80.8 Å². The van der Waals surface area contributed by atoms with E-state index in [4.69, 9.17) is 0 Å². The third-order valence-corrected chi connectivity index (χ3v) is 4.01. The van der Waals surface area contributed by atoms with Crippen molar-refractivity contribution < 1.29 is 5.11 Å². The predicted octanol–water partition coefficient (Wildman–Crippen LogP) is 3.20. The first-order valence-corrected chi connectivity index (χ1v) is 7.10. The fourth-order valence-corrected chi connectivity index (χ4v) is 3.02. The van der Waals surface area contributed by atoms with E-state index in [-0.39, 0.29) is 10.8 Å². The molecule has 0 spiro atoms. The molecule has 0 saturated heterocycles. The fourth-order valence-electron chi connectivity index (χ4n) is 2.11. The molecule has 0 bridgehead atoms. The number of rotatable bonds is 3. The van der Waals surface area contributed by atoms with E-state index < -0.39 is 0 Å². The van der Waals surface area contributed by atoms with Crippen LogP contribution in [0.25, 0.3) is 5.69 Å². The molecule has 20 heavy (non-hydrogen) atoms. The number of hydrogen-bond donors (Lipinski definition) is 1. The molecule has 0 radical (unpaired) electrons. The van der Waals surface area contributed by atoms with E-state index >= 15 is 0 Å². The SMILES string of the molecule is O=c1sc(Cc2ccccc2)c(O)n1-c1ccccc1. The lowest BCUT2D eigenvalue weighted by molar-refractivity contribution is 0.436. The van der Waals surface area contributed by atoms with Crippen LogP contribution in [0.15, 0.2) is 65.5 Å². The number of thiazole rings is 1. The normalized spacial score (nSPS) is 10.6. The third-order valence-electron chi connectivity index (χ3n) is 3.08. The topological polar surface area (TPSA) is 42.2 Å². The monoisotopic (exact) mass is 283 g/mol. The summed E-state index contributed by atoms with van der Waals surface area (Å²) in [6, 6.07) is 19.0. The summed E-state index contributed by atoms with van der Waals surface area (Å²) in [6.07, 6.45) is 0.562. The van der Waals surface area contributed by atoms with Crippen LogP contribution >= 0.6 is 11.3 Å². The van der Waals surface area contributed by atoms with Crippen molar-refractivity contribution in [2.24, 2.45) is 0 Å². The Morgan fingerprint density at radius 3 is 2.20 bits per heavy atom. The van der Waals surface area contributed by atoms with Crippen LogP contribution in [0.4, 0.5) is 0 Å². The number of hydrogen-bond acceptors (Lipinski definition) is 3. The van der Waals surface area contributed by atoms with Gasteiger partial charge in [0.1, 0.15) is 0 Å². The minimum Gasteiger partial charge on any atom is -0.493 e. The quantitative estimate of drug-likeness (QED) is 0.802. The summed E-state index contributed by atoms with van der Waals surface area (Å²) in [5.41, 5.74) is 1.76. The van der Waals surface area contributed by atoms with Crippen LogP contribution in [0.3, 0.4) is 0 Å². The first-order chi connectivity index (χ1) is 9.75. The van der Waals surface area contributed by atoms with Gasteiger partial charge < -0.3 is 5.11 Å². The van der Waals surface area contributed by atoms with Gasteiger partial charge in [0, 0.05) is 6.42 Å². The van der Waals surface area contributed by atoms with E-state index in [1.807, 2.05) is 48.5 Å². The van der Waals surface area contributed by atoms with Crippen LogP contribution in [0.5, 0.6) is 5.88 Å². The highest BCUT2D eigenvalue weighted by Gasteiger charge is 2.15. The van der Waals surface area contributed by atoms with Crippen LogP contribution < -0.4 is 4.87 Å². The summed E-state index contributed by atoms with van der Waals surface area (Å²) in [5, 5.41) is 10.3. The van der Waals surface area contributed by atoms with Crippen LogP contribution in [0.1, 0.15) is 10.4 Å². The Kier molecular flexibility index (Phi) is 3.39. The van der Waals surface area contributed by atoms with Crippen molar-refractivity contribution in [2.45, 2.75) is 6.42 Å². The van der Waals surface area contributed by atoms with E-state index in [0.717, 1.165) is 16.9 Å². The average Bonchev–Trinajstić information content (AvgIpc) is 2.75. The molecule has 1 heterocycles. The molecule has 0 aliphatic carbocycles. The summed E-state index contributed by atoms with van der Waals surface area (Å²) in [6.45, 7) is 0. The summed E-state index contributed by atoms with van der Waals surface area (Å²) in [5.74, 6) is 0.0371. The zero-order valence-electron chi connectivity index (χ0n) is 10.7. The Bertz CT molecular complexity index is 760. The van der Waals surface area contributed by atoms with Crippen molar-refractivity contribution in [2.75, 3.05) is 0 Å². The van der Waals surface area contributed by atoms with Gasteiger partial charge in [0.2, 0.25) is 5.88 Å². The minimum absolute atomic E-state index is 0.0371. The maximum atomic E-state index is 12.1. The highest BCUT2D eigenvalue weighted by molar-refractivity contribution is 7.09. The highest BCUT2D eigenvalue weighted by atomic mass is 32.1. The molecule has 0 saturated carbocycles. The molecule has 0 atom stereocenters. The van der Waals surface area contributed by atoms with Crippen molar-refractivity contribution in [1.29, 1.82) is 0 Å². The molecule has 0 aliphatic rings. The van der Waals surface area contributed by atoms with Gasteiger partial charge >= 0.3 is 4.87 Å². The molecule has 0 fully saturated rings. The van der Waals surface area contributed by atoms with Crippen LogP contribution in [-0.4, -0.2) is 9.67 Å². The molecule has 0 unspecified atom stereocenters. The van der Waals surface area contributed by atoms with Gasteiger partial charge in [-0.1, -0.05) is 59.9 Å². The predicted molar refractivity (Wildman–Crippen MR) is 80.8 cm³/mol. The lowest BCUT2D eigenvalue weighted by atomic mass is 10.1. The molecular weight excluding hydrogens is 270 g/mol. The summed E-state index contributed by atoms with van der Waals surface area (Å²) < 4.78 is 1.35. The lowest BCUT2D eigenvalue weighted by Gasteiger charge is -2.04. The Balaban J connectivity index is 2.02. The van der Waals surface area contributed by atoms with Gasteiger partial charge in [0.05, 0.1) is 10.6 Å². The number of aromatic hydroxyl groups is 1. The van der Waals surface area contributed by atoms with Crippen LogP contribution in [-0.2, 0) is 6.42 Å². The molecule has 3 rings (SSSR count). The van der Waals surface area contributed by atoms with Crippen LogP contribution in [0, 0.1) is 0 Å². The van der Waals surface area contributed by atoms with E-state index in [1.54, 1.807) is 12.1 Å². The van der Waals surface area contributed by atoms with Gasteiger partial charge in [-0.05, 0) is 17.7 Å². The molecule has 1 N–H and O–H groups in total. The second-order valence-electron chi connectivity index (χ2n) is 4.45. The second kappa shape index (κ2) is 5.35. The number of para-hydroxylation sites is 1. The Morgan fingerprint density at radius 1 is 0.950 bits per heavy atom. The van der Waals surface area contributed by atoms with E-state index in [1.165, 1.54) is 4.57 Å². The molecule has 2 aromatic carbocycles. The van der Waals surface area contributed by atoms with E-state index in [0.29, 0.717) is 17.0 Å². The molecule has 0 aliphatic heterocycles. The zero-order chi connectivity index (χ0) is 13.9. The van der Waals surface area contributed by atoms with Crippen molar-refractivity contribution in [3.63, 3.8) is 0 Å². The lowest BCUT2D eigenvalue weighted by Crippen LogP contribution is -2.09. The summed E-state index contributed by atoms with van der Waals surface area (Å²) >= 11 is 1.09. The van der Waals surface area contributed by atoms with Crippen molar-refractivity contribution >= 4 is 11.3 Å². The van der Waals surface area contributed by atoms with Crippen molar-refractivity contribution in [3.8, 4) is 11.6 Å². The molecule has 1 aromatic heterocycles. The maximum absolute atomic E-state index is 12.1. The van der Waals surface area contributed by atoms with E-state index in [9.17, 15) is 9.90 Å². The molecule has 3 nitrogen and oxygen atoms in total. The number of nitrogens with zero attached hydrogens (tertiary/aromatic N) is 1. The Morgan fingerprint density at radius 2 is 1.55 bits per heavy atom. The summed E-state index contributed by atoms with van der Waals surface area (Å²) in [4.78, 5) is 12.6. The third kappa shape index (κ3) is 2.38. The Hall–Kier alpha value is -2.33. The smallest absolute Gasteiger partial charge is 0.314 e.